The van der Waals surface area contributed by atoms with E-state index in [1.807, 2.05) is 0 Å². The van der Waals surface area contributed by atoms with Crippen LogP contribution in [0, 0.1) is 11.2 Å². The summed E-state index contributed by atoms with van der Waals surface area (Å²) >= 11 is 0. The van der Waals surface area contributed by atoms with Gasteiger partial charge in [-0.1, -0.05) is 12.1 Å². The molecule has 0 unspecified atom stereocenters. The predicted molar refractivity (Wildman–Crippen MR) is 62.4 cm³/mol. The van der Waals surface area contributed by atoms with Crippen LogP contribution in [-0.2, 0) is 5.54 Å². The maximum absolute atomic E-state index is 13.3. The Bertz CT molecular complexity index is 502. The van der Waals surface area contributed by atoms with Crippen molar-refractivity contribution >= 4 is 11.9 Å². The summed E-state index contributed by atoms with van der Waals surface area (Å²) in [6.45, 7) is 1.74. The van der Waals surface area contributed by atoms with Crippen molar-refractivity contribution in [2.24, 2.45) is 0 Å². The Morgan fingerprint density at radius 3 is 2.47 bits per heavy atom. The molecule has 1 aliphatic heterocycles. The third kappa shape index (κ3) is 1.42. The molecule has 0 aliphatic carbocycles. The minimum atomic E-state index is -0.909. The fourth-order valence-corrected chi connectivity index (χ4v) is 2.12. The molecule has 1 saturated heterocycles. The Labute approximate surface area is 99.1 Å². The van der Waals surface area contributed by atoms with Crippen molar-refractivity contribution in [3.63, 3.8) is 0 Å². The van der Waals surface area contributed by atoms with Gasteiger partial charge in [-0.3, -0.25) is 10.3 Å². The molecule has 0 aromatic heterocycles. The van der Waals surface area contributed by atoms with Gasteiger partial charge in [0.1, 0.15) is 17.2 Å². The highest BCUT2D eigenvalue weighted by Crippen LogP contribution is 2.35. The Kier molecular flexibility index (Phi) is 2.41. The number of nitrogens with one attached hydrogen (secondary N) is 1. The number of hydrogen-bond acceptors (Lipinski definition) is 2. The monoisotopic (exact) mass is 235 g/mol. The topological polar surface area (TPSA) is 47.4 Å². The van der Waals surface area contributed by atoms with E-state index in [0.717, 1.165) is 0 Å². The zero-order valence-electron chi connectivity index (χ0n) is 9.99. The fraction of sp³-hybridized carbons (Fsp3) is 0.333. The van der Waals surface area contributed by atoms with E-state index in [1.54, 1.807) is 33.2 Å². The molecule has 4 nitrogen and oxygen atoms in total. The molecule has 2 rings (SSSR count). The molecule has 1 fully saturated rings. The van der Waals surface area contributed by atoms with Gasteiger partial charge in [-0.2, -0.15) is 0 Å². The number of amides is 2. The van der Waals surface area contributed by atoms with Crippen molar-refractivity contribution in [1.82, 2.24) is 9.80 Å². The average Bonchev–Trinajstić information content (AvgIpc) is 2.46. The Morgan fingerprint density at radius 1 is 1.35 bits per heavy atom. The largest absolute Gasteiger partial charge is 0.326 e. The SMILES string of the molecule is CN1C(=N)[C@](C)(c2cccc(F)c2)N(C)C1=O. The lowest BCUT2D eigenvalue weighted by molar-refractivity contribution is 0.186. The molecule has 2 amide bonds. The highest BCUT2D eigenvalue weighted by Gasteiger charge is 2.49. The zero-order valence-corrected chi connectivity index (χ0v) is 9.99. The number of urea groups is 1. The number of carbonyl (C=O) groups excluding carboxylic acids is 1. The molecular formula is C12H14FN3O. The minimum Gasteiger partial charge on any atom is -0.311 e. The lowest BCUT2D eigenvalue weighted by Gasteiger charge is -2.30. The van der Waals surface area contributed by atoms with Crippen LogP contribution in [0.25, 0.3) is 0 Å². The Balaban J connectivity index is 2.56. The summed E-state index contributed by atoms with van der Waals surface area (Å²) in [7, 11) is 3.16. The van der Waals surface area contributed by atoms with Crippen LogP contribution in [0.1, 0.15) is 12.5 Å². The van der Waals surface area contributed by atoms with Gasteiger partial charge in [0, 0.05) is 14.1 Å². The number of nitrogens with zero attached hydrogens (tertiary/aromatic N) is 2. The Morgan fingerprint density at radius 2 is 2.00 bits per heavy atom. The lowest BCUT2D eigenvalue weighted by Crippen LogP contribution is -2.41. The van der Waals surface area contributed by atoms with Crippen LogP contribution < -0.4 is 0 Å². The maximum atomic E-state index is 13.3. The van der Waals surface area contributed by atoms with E-state index in [0.29, 0.717) is 5.56 Å². The number of rotatable bonds is 1. The van der Waals surface area contributed by atoms with Gasteiger partial charge in [0.2, 0.25) is 0 Å². The third-order valence-corrected chi connectivity index (χ3v) is 3.43. The van der Waals surface area contributed by atoms with Crippen molar-refractivity contribution in [2.45, 2.75) is 12.5 Å². The molecule has 0 bridgehead atoms. The molecule has 1 atom stereocenters. The van der Waals surface area contributed by atoms with Crippen LogP contribution in [0.5, 0.6) is 0 Å². The Hall–Kier alpha value is -1.91. The molecule has 1 heterocycles. The van der Waals surface area contributed by atoms with E-state index in [9.17, 15) is 9.18 Å². The minimum absolute atomic E-state index is 0.149. The number of carbonyl (C=O) groups is 1. The van der Waals surface area contributed by atoms with E-state index in [4.69, 9.17) is 5.41 Å². The van der Waals surface area contributed by atoms with E-state index < -0.39 is 5.54 Å². The average molecular weight is 235 g/mol. The maximum Gasteiger partial charge on any atom is 0.326 e. The molecule has 0 saturated carbocycles. The molecule has 0 radical (unpaired) electrons. The van der Waals surface area contributed by atoms with E-state index >= 15 is 0 Å². The number of likely N-dealkylation sites (N-methyl/N-ethyl adjacent to an activating group) is 2. The van der Waals surface area contributed by atoms with Gasteiger partial charge in [0.25, 0.3) is 0 Å². The van der Waals surface area contributed by atoms with Crippen LogP contribution in [0.3, 0.4) is 0 Å². The summed E-state index contributed by atoms with van der Waals surface area (Å²) < 4.78 is 13.3. The summed E-state index contributed by atoms with van der Waals surface area (Å²) in [5, 5.41) is 8.02. The molecule has 90 valence electrons. The molecule has 1 aliphatic rings. The second-order valence-corrected chi connectivity index (χ2v) is 4.33. The van der Waals surface area contributed by atoms with Crippen molar-refractivity contribution in [3.05, 3.63) is 35.6 Å². The number of amidine groups is 1. The number of halogens is 1. The van der Waals surface area contributed by atoms with Gasteiger partial charge in [-0.25, -0.2) is 9.18 Å². The molecule has 0 spiro atoms. The highest BCUT2D eigenvalue weighted by atomic mass is 19.1. The fourth-order valence-electron chi connectivity index (χ4n) is 2.12. The van der Waals surface area contributed by atoms with Crippen molar-refractivity contribution in [2.75, 3.05) is 14.1 Å². The first-order valence-corrected chi connectivity index (χ1v) is 5.25. The van der Waals surface area contributed by atoms with Gasteiger partial charge >= 0.3 is 6.03 Å². The quantitative estimate of drug-likeness (QED) is 0.795. The van der Waals surface area contributed by atoms with Gasteiger partial charge < -0.3 is 4.90 Å². The second-order valence-electron chi connectivity index (χ2n) is 4.33. The summed E-state index contributed by atoms with van der Waals surface area (Å²) in [6.07, 6.45) is 0. The van der Waals surface area contributed by atoms with Crippen LogP contribution in [0.15, 0.2) is 24.3 Å². The molecule has 1 aromatic rings. The van der Waals surface area contributed by atoms with Crippen molar-refractivity contribution in [3.8, 4) is 0 Å². The van der Waals surface area contributed by atoms with Crippen LogP contribution >= 0.6 is 0 Å². The highest BCUT2D eigenvalue weighted by molar-refractivity contribution is 6.08. The first-order chi connectivity index (χ1) is 7.89. The first kappa shape index (κ1) is 11.6. The van der Waals surface area contributed by atoms with Crippen LogP contribution in [-0.4, -0.2) is 35.8 Å². The van der Waals surface area contributed by atoms with Crippen LogP contribution in [0.4, 0.5) is 9.18 Å². The third-order valence-electron chi connectivity index (χ3n) is 3.43. The molecule has 17 heavy (non-hydrogen) atoms. The molecule has 1 N–H and O–H groups in total. The van der Waals surface area contributed by atoms with Crippen molar-refractivity contribution in [1.29, 1.82) is 5.41 Å². The van der Waals surface area contributed by atoms with E-state index in [1.165, 1.54) is 21.9 Å². The standard InChI is InChI=1S/C12H14FN3O/c1-12(8-5-4-6-9(13)7-8)10(14)15(2)11(17)16(12)3/h4-7,14H,1-3H3/t12-/m0/s1. The van der Waals surface area contributed by atoms with Gasteiger partial charge in [0.05, 0.1) is 0 Å². The smallest absolute Gasteiger partial charge is 0.311 e. The van der Waals surface area contributed by atoms with Crippen LogP contribution in [0.2, 0.25) is 0 Å². The molecular weight excluding hydrogens is 221 g/mol. The first-order valence-electron chi connectivity index (χ1n) is 5.25. The van der Waals surface area contributed by atoms with E-state index in [2.05, 4.69) is 0 Å². The second kappa shape index (κ2) is 3.55. The number of hydrogen-bond donors (Lipinski definition) is 1. The normalized spacial score (nSPS) is 24.7. The zero-order chi connectivity index (χ0) is 12.8. The lowest BCUT2D eigenvalue weighted by atomic mass is 9.90. The predicted octanol–water partition coefficient (Wildman–Crippen LogP) is 2.02. The summed E-state index contributed by atoms with van der Waals surface area (Å²) in [5.74, 6) is -0.220. The number of benzene rings is 1. The summed E-state index contributed by atoms with van der Waals surface area (Å²) in [6, 6.07) is 5.75. The molecule has 1 aromatic carbocycles. The van der Waals surface area contributed by atoms with E-state index in [-0.39, 0.29) is 17.7 Å². The summed E-state index contributed by atoms with van der Waals surface area (Å²) in [5.41, 5.74) is -0.309. The van der Waals surface area contributed by atoms with Crippen molar-refractivity contribution < 1.29 is 9.18 Å². The van der Waals surface area contributed by atoms with Gasteiger partial charge in [-0.15, -0.1) is 0 Å². The summed E-state index contributed by atoms with van der Waals surface area (Å²) in [4.78, 5) is 14.5. The van der Waals surface area contributed by atoms with Gasteiger partial charge in [-0.05, 0) is 24.6 Å². The molecule has 5 heteroatoms. The van der Waals surface area contributed by atoms with Gasteiger partial charge in [0.15, 0.2) is 0 Å².